The first-order valence-electron chi connectivity index (χ1n) is 7.46. The molecule has 0 saturated heterocycles. The van der Waals surface area contributed by atoms with Crippen LogP contribution in [0.1, 0.15) is 31.8 Å². The Labute approximate surface area is 144 Å². The Morgan fingerprint density at radius 3 is 2.44 bits per heavy atom. The van der Waals surface area contributed by atoms with Gasteiger partial charge in [-0.1, -0.05) is 29.8 Å². The van der Waals surface area contributed by atoms with E-state index in [1.807, 2.05) is 13.0 Å². The molecule has 0 unspecified atom stereocenters. The Bertz CT molecular complexity index is 820. The SMILES string of the molecule is Cc1ccc(C)c(C(=O)OCC(=O)NNC(=O)c2ccccc2F)c1. The van der Waals surface area contributed by atoms with Crippen LogP contribution in [0.4, 0.5) is 4.39 Å². The topological polar surface area (TPSA) is 84.5 Å². The minimum Gasteiger partial charge on any atom is -0.452 e. The summed E-state index contributed by atoms with van der Waals surface area (Å²) in [6.07, 6.45) is 0. The maximum atomic E-state index is 13.4. The van der Waals surface area contributed by atoms with Crippen LogP contribution < -0.4 is 10.9 Å². The molecule has 0 aliphatic carbocycles. The van der Waals surface area contributed by atoms with Crippen LogP contribution in [-0.4, -0.2) is 24.4 Å². The number of aryl methyl sites for hydroxylation is 2. The Morgan fingerprint density at radius 1 is 1.00 bits per heavy atom. The summed E-state index contributed by atoms with van der Waals surface area (Å²) < 4.78 is 18.3. The molecule has 130 valence electrons. The van der Waals surface area contributed by atoms with E-state index in [-0.39, 0.29) is 5.56 Å². The zero-order valence-corrected chi connectivity index (χ0v) is 13.8. The van der Waals surface area contributed by atoms with Crippen LogP contribution in [0.2, 0.25) is 0 Å². The number of benzene rings is 2. The molecule has 0 aromatic heterocycles. The van der Waals surface area contributed by atoms with Gasteiger partial charge in [-0.2, -0.15) is 0 Å². The van der Waals surface area contributed by atoms with Crippen LogP contribution in [0.25, 0.3) is 0 Å². The molecule has 0 atom stereocenters. The number of hydrogen-bond acceptors (Lipinski definition) is 4. The van der Waals surface area contributed by atoms with Crippen molar-refractivity contribution in [1.29, 1.82) is 0 Å². The van der Waals surface area contributed by atoms with Gasteiger partial charge >= 0.3 is 5.97 Å². The van der Waals surface area contributed by atoms with Crippen molar-refractivity contribution >= 4 is 17.8 Å². The molecule has 0 spiro atoms. The standard InChI is InChI=1S/C18H17FN2O4/c1-11-7-8-12(2)14(9-11)18(24)25-10-16(22)20-21-17(23)13-5-3-4-6-15(13)19/h3-9H,10H2,1-2H3,(H,20,22)(H,21,23). The minimum atomic E-state index is -0.813. The van der Waals surface area contributed by atoms with E-state index >= 15 is 0 Å². The van der Waals surface area contributed by atoms with E-state index in [1.54, 1.807) is 19.1 Å². The van der Waals surface area contributed by atoms with Gasteiger partial charge in [0.05, 0.1) is 11.1 Å². The Kier molecular flexibility index (Phi) is 5.84. The summed E-state index contributed by atoms with van der Waals surface area (Å²) in [4.78, 5) is 35.4. The van der Waals surface area contributed by atoms with Gasteiger partial charge in [0.25, 0.3) is 11.8 Å². The number of carbonyl (C=O) groups excluding carboxylic acids is 3. The first kappa shape index (κ1) is 18.1. The molecule has 6 nitrogen and oxygen atoms in total. The quantitative estimate of drug-likeness (QED) is 0.657. The lowest BCUT2D eigenvalue weighted by Gasteiger charge is -2.10. The predicted octanol–water partition coefficient (Wildman–Crippen LogP) is 2.06. The number of ether oxygens (including phenoxy) is 1. The van der Waals surface area contributed by atoms with E-state index in [4.69, 9.17) is 4.74 Å². The molecule has 2 aromatic carbocycles. The lowest BCUT2D eigenvalue weighted by Crippen LogP contribution is -2.43. The summed E-state index contributed by atoms with van der Waals surface area (Å²) in [5.41, 5.74) is 5.88. The molecule has 25 heavy (non-hydrogen) atoms. The van der Waals surface area contributed by atoms with Gasteiger partial charge in [-0.25, -0.2) is 9.18 Å². The molecule has 0 radical (unpaired) electrons. The highest BCUT2D eigenvalue weighted by atomic mass is 19.1. The third-order valence-corrected chi connectivity index (χ3v) is 3.38. The molecule has 2 aromatic rings. The molecule has 2 amide bonds. The average molecular weight is 344 g/mol. The molecule has 0 aliphatic heterocycles. The van der Waals surface area contributed by atoms with E-state index in [1.165, 1.54) is 18.2 Å². The first-order chi connectivity index (χ1) is 11.9. The van der Waals surface area contributed by atoms with E-state index in [0.717, 1.165) is 17.2 Å². The second-order valence-corrected chi connectivity index (χ2v) is 5.38. The van der Waals surface area contributed by atoms with Crippen molar-refractivity contribution in [1.82, 2.24) is 10.9 Å². The van der Waals surface area contributed by atoms with E-state index < -0.39 is 30.2 Å². The maximum Gasteiger partial charge on any atom is 0.338 e. The first-order valence-corrected chi connectivity index (χ1v) is 7.46. The third-order valence-electron chi connectivity index (χ3n) is 3.38. The molecule has 0 saturated carbocycles. The number of carbonyl (C=O) groups is 3. The number of esters is 1. The Balaban J connectivity index is 1.85. The van der Waals surface area contributed by atoms with Gasteiger partial charge in [0.15, 0.2) is 6.61 Å². The lowest BCUT2D eigenvalue weighted by atomic mass is 10.1. The second-order valence-electron chi connectivity index (χ2n) is 5.38. The van der Waals surface area contributed by atoms with E-state index in [2.05, 4.69) is 10.9 Å². The van der Waals surface area contributed by atoms with Gasteiger partial charge in [-0.15, -0.1) is 0 Å². The zero-order valence-electron chi connectivity index (χ0n) is 13.8. The van der Waals surface area contributed by atoms with Crippen molar-refractivity contribution in [2.24, 2.45) is 0 Å². The van der Waals surface area contributed by atoms with Gasteiger partial charge in [0, 0.05) is 0 Å². The summed E-state index contributed by atoms with van der Waals surface area (Å²) in [5.74, 6) is -2.91. The van der Waals surface area contributed by atoms with Gasteiger partial charge < -0.3 is 4.74 Å². The molecule has 0 heterocycles. The van der Waals surface area contributed by atoms with Crippen LogP contribution in [0.15, 0.2) is 42.5 Å². The summed E-state index contributed by atoms with van der Waals surface area (Å²) in [5, 5.41) is 0. The Morgan fingerprint density at radius 2 is 1.72 bits per heavy atom. The fourth-order valence-corrected chi connectivity index (χ4v) is 2.04. The largest absolute Gasteiger partial charge is 0.452 e. The molecule has 0 bridgehead atoms. The summed E-state index contributed by atoms with van der Waals surface area (Å²) >= 11 is 0. The molecular weight excluding hydrogens is 327 g/mol. The minimum absolute atomic E-state index is 0.213. The number of rotatable bonds is 4. The molecule has 0 aliphatic rings. The highest BCUT2D eigenvalue weighted by Gasteiger charge is 2.14. The van der Waals surface area contributed by atoms with Gasteiger partial charge in [0.1, 0.15) is 5.82 Å². The number of nitrogens with one attached hydrogen (secondary N) is 2. The molecule has 2 N–H and O–H groups in total. The predicted molar refractivity (Wildman–Crippen MR) is 88.2 cm³/mol. The summed E-state index contributed by atoms with van der Waals surface area (Å²) in [7, 11) is 0. The third kappa shape index (κ3) is 4.87. The van der Waals surface area contributed by atoms with Crippen LogP contribution in [0, 0.1) is 19.7 Å². The summed E-state index contributed by atoms with van der Waals surface area (Å²) in [6, 6.07) is 10.6. The lowest BCUT2D eigenvalue weighted by molar-refractivity contribution is -0.125. The Hall–Kier alpha value is -3.22. The number of hydrazine groups is 1. The van der Waals surface area contributed by atoms with Crippen molar-refractivity contribution in [3.8, 4) is 0 Å². The van der Waals surface area contributed by atoms with Gasteiger partial charge in [0.2, 0.25) is 0 Å². The number of amides is 2. The summed E-state index contributed by atoms with van der Waals surface area (Å²) in [6.45, 7) is 3.01. The molecular formula is C18H17FN2O4. The van der Waals surface area contributed by atoms with Gasteiger partial charge in [-0.3, -0.25) is 20.4 Å². The maximum absolute atomic E-state index is 13.4. The highest BCUT2D eigenvalue weighted by molar-refractivity contribution is 5.96. The fourth-order valence-electron chi connectivity index (χ4n) is 2.04. The molecule has 0 fully saturated rings. The molecule has 2 rings (SSSR count). The van der Waals surface area contributed by atoms with E-state index in [9.17, 15) is 18.8 Å². The van der Waals surface area contributed by atoms with E-state index in [0.29, 0.717) is 5.56 Å². The molecule has 7 heteroatoms. The monoisotopic (exact) mass is 344 g/mol. The normalized spacial score (nSPS) is 10.0. The fraction of sp³-hybridized carbons (Fsp3) is 0.167. The smallest absolute Gasteiger partial charge is 0.338 e. The van der Waals surface area contributed by atoms with Crippen molar-refractivity contribution < 1.29 is 23.5 Å². The van der Waals surface area contributed by atoms with Gasteiger partial charge in [-0.05, 0) is 37.6 Å². The van der Waals surface area contributed by atoms with Crippen LogP contribution >= 0.6 is 0 Å². The zero-order chi connectivity index (χ0) is 18.4. The van der Waals surface area contributed by atoms with Crippen molar-refractivity contribution in [3.05, 3.63) is 70.5 Å². The highest BCUT2D eigenvalue weighted by Crippen LogP contribution is 2.11. The van der Waals surface area contributed by atoms with Crippen molar-refractivity contribution in [2.45, 2.75) is 13.8 Å². The van der Waals surface area contributed by atoms with Crippen molar-refractivity contribution in [2.75, 3.05) is 6.61 Å². The number of hydrogen-bond donors (Lipinski definition) is 2. The second kappa shape index (κ2) is 8.05. The number of halogens is 1. The van der Waals surface area contributed by atoms with Crippen LogP contribution in [0.3, 0.4) is 0 Å². The van der Waals surface area contributed by atoms with Crippen LogP contribution in [-0.2, 0) is 9.53 Å². The average Bonchev–Trinajstić information content (AvgIpc) is 2.60. The van der Waals surface area contributed by atoms with Crippen molar-refractivity contribution in [3.63, 3.8) is 0 Å². The van der Waals surface area contributed by atoms with Crippen LogP contribution in [0.5, 0.6) is 0 Å².